The summed E-state index contributed by atoms with van der Waals surface area (Å²) in [6.07, 6.45) is 10.6. The van der Waals surface area contributed by atoms with E-state index in [0.717, 1.165) is 69.9 Å². The monoisotopic (exact) mass is 565 g/mol. The van der Waals surface area contributed by atoms with E-state index in [4.69, 9.17) is 14.7 Å². The van der Waals surface area contributed by atoms with Crippen LogP contribution in [0.1, 0.15) is 55.5 Å². The van der Waals surface area contributed by atoms with Crippen LogP contribution in [0.4, 0.5) is 11.5 Å². The van der Waals surface area contributed by atoms with Crippen molar-refractivity contribution in [2.75, 3.05) is 56.7 Å². The van der Waals surface area contributed by atoms with Gasteiger partial charge in [-0.1, -0.05) is 37.3 Å². The molecule has 1 atom stereocenters. The largest absolute Gasteiger partial charge is 0.463 e. The second-order valence-electron chi connectivity index (χ2n) is 12.8. The van der Waals surface area contributed by atoms with Gasteiger partial charge in [0.1, 0.15) is 5.82 Å². The Bertz CT molecular complexity index is 1540. The van der Waals surface area contributed by atoms with Gasteiger partial charge in [0.05, 0.1) is 24.9 Å². The number of rotatable bonds is 9. The Morgan fingerprint density at radius 2 is 1.88 bits per heavy atom. The minimum absolute atomic E-state index is 0.227. The van der Waals surface area contributed by atoms with Crippen molar-refractivity contribution in [2.45, 2.75) is 58.0 Å². The lowest BCUT2D eigenvalue weighted by Crippen LogP contribution is -2.40. The van der Waals surface area contributed by atoms with Crippen molar-refractivity contribution in [1.29, 1.82) is 0 Å². The summed E-state index contributed by atoms with van der Waals surface area (Å²) >= 11 is 0. The summed E-state index contributed by atoms with van der Waals surface area (Å²) < 4.78 is 8.58. The number of hydrogen-bond donors (Lipinski definition) is 0. The molecule has 8 nitrogen and oxygen atoms in total. The van der Waals surface area contributed by atoms with E-state index < -0.39 is 0 Å². The van der Waals surface area contributed by atoms with E-state index in [1.54, 1.807) is 0 Å². The summed E-state index contributed by atoms with van der Waals surface area (Å²) in [6.45, 7) is 7.57. The summed E-state index contributed by atoms with van der Waals surface area (Å²) in [7, 11) is 4.29. The molecule has 1 saturated heterocycles. The predicted octanol–water partition coefficient (Wildman–Crippen LogP) is 5.51. The molecule has 4 aromatic rings. The van der Waals surface area contributed by atoms with Gasteiger partial charge in [-0.3, -0.25) is 4.68 Å². The first-order chi connectivity index (χ1) is 20.5. The first-order valence-electron chi connectivity index (χ1n) is 15.7. The molecule has 220 valence electrons. The predicted molar refractivity (Wildman–Crippen MR) is 169 cm³/mol. The molecule has 0 amide bonds. The lowest BCUT2D eigenvalue weighted by molar-refractivity contribution is 0.182. The number of hydrogen-bond acceptors (Lipinski definition) is 7. The van der Waals surface area contributed by atoms with Crippen LogP contribution < -0.4 is 14.5 Å². The minimum atomic E-state index is 0.227. The maximum atomic E-state index is 6.47. The molecular formula is C34H43N7O. The van der Waals surface area contributed by atoms with Crippen molar-refractivity contribution in [2.24, 2.45) is 5.41 Å². The number of aryl methyl sites for hydroxylation is 1. The Hall–Kier alpha value is -3.65. The van der Waals surface area contributed by atoms with Gasteiger partial charge in [-0.2, -0.15) is 15.1 Å². The summed E-state index contributed by atoms with van der Waals surface area (Å²) in [4.78, 5) is 17.5. The molecule has 42 heavy (non-hydrogen) atoms. The molecule has 2 aromatic heterocycles. The lowest BCUT2D eigenvalue weighted by atomic mass is 9.98. The van der Waals surface area contributed by atoms with Crippen LogP contribution in [-0.4, -0.2) is 71.5 Å². The number of fused-ring (bicyclic) bond motifs is 2. The maximum absolute atomic E-state index is 6.47. The van der Waals surface area contributed by atoms with Crippen molar-refractivity contribution in [3.63, 3.8) is 0 Å². The molecule has 1 aliphatic carbocycles. The summed E-state index contributed by atoms with van der Waals surface area (Å²) in [6, 6.07) is 16.3. The number of aromatic nitrogens is 4. The van der Waals surface area contributed by atoms with Gasteiger partial charge < -0.3 is 19.4 Å². The van der Waals surface area contributed by atoms with Gasteiger partial charge in [0.25, 0.3) is 0 Å². The van der Waals surface area contributed by atoms with Crippen LogP contribution in [0.5, 0.6) is 6.01 Å². The molecule has 0 spiro atoms. The van der Waals surface area contributed by atoms with Crippen LogP contribution in [0.2, 0.25) is 0 Å². The molecule has 0 radical (unpaired) electrons. The fourth-order valence-corrected chi connectivity index (χ4v) is 7.15. The van der Waals surface area contributed by atoms with E-state index in [-0.39, 0.29) is 5.41 Å². The van der Waals surface area contributed by atoms with Crippen molar-refractivity contribution >= 4 is 22.3 Å². The molecule has 2 aliphatic heterocycles. The third kappa shape index (κ3) is 5.33. The zero-order valence-electron chi connectivity index (χ0n) is 25.3. The topological polar surface area (TPSA) is 62.6 Å². The lowest BCUT2D eigenvalue weighted by Gasteiger charge is -2.37. The Labute approximate surface area is 249 Å². The molecule has 2 aromatic carbocycles. The number of anilines is 2. The number of ether oxygens (including phenoxy) is 1. The van der Waals surface area contributed by atoms with E-state index >= 15 is 0 Å². The molecule has 7 rings (SSSR count). The molecule has 1 unspecified atom stereocenters. The van der Waals surface area contributed by atoms with E-state index in [1.807, 2.05) is 12.3 Å². The Morgan fingerprint density at radius 1 is 1.02 bits per heavy atom. The number of benzene rings is 2. The third-order valence-electron chi connectivity index (χ3n) is 9.42. The van der Waals surface area contributed by atoms with Gasteiger partial charge in [0, 0.05) is 60.6 Å². The van der Waals surface area contributed by atoms with Crippen molar-refractivity contribution < 1.29 is 4.74 Å². The van der Waals surface area contributed by atoms with Gasteiger partial charge >= 0.3 is 6.01 Å². The Morgan fingerprint density at radius 3 is 2.64 bits per heavy atom. The molecule has 3 aliphatic rings. The van der Waals surface area contributed by atoms with E-state index in [0.29, 0.717) is 18.7 Å². The van der Waals surface area contributed by atoms with Crippen LogP contribution in [0.25, 0.3) is 10.8 Å². The quantitative estimate of drug-likeness (QED) is 0.265. The molecular weight excluding hydrogens is 522 g/mol. The number of piperidine rings is 1. The van der Waals surface area contributed by atoms with Gasteiger partial charge in [-0.25, -0.2) is 0 Å². The molecule has 1 saturated carbocycles. The Kier molecular flexibility index (Phi) is 7.26. The highest BCUT2D eigenvalue weighted by Crippen LogP contribution is 2.46. The van der Waals surface area contributed by atoms with Crippen LogP contribution >= 0.6 is 0 Å². The highest BCUT2D eigenvalue weighted by Gasteiger charge is 2.44. The van der Waals surface area contributed by atoms with E-state index in [1.165, 1.54) is 40.4 Å². The fraction of sp³-hybridized carbons (Fsp3) is 0.500. The highest BCUT2D eigenvalue weighted by molar-refractivity contribution is 5.97. The van der Waals surface area contributed by atoms with Crippen LogP contribution in [0.15, 0.2) is 54.9 Å². The zero-order valence-corrected chi connectivity index (χ0v) is 25.3. The van der Waals surface area contributed by atoms with Crippen LogP contribution in [0.3, 0.4) is 0 Å². The van der Waals surface area contributed by atoms with Crippen LogP contribution in [-0.2, 0) is 19.4 Å². The normalized spacial score (nSPS) is 19.8. The molecule has 0 N–H and O–H groups in total. The van der Waals surface area contributed by atoms with Gasteiger partial charge in [0.15, 0.2) is 0 Å². The third-order valence-corrected chi connectivity index (χ3v) is 9.42. The molecule has 2 fully saturated rings. The van der Waals surface area contributed by atoms with Crippen LogP contribution in [0, 0.1) is 5.41 Å². The molecule has 4 heterocycles. The average molecular weight is 566 g/mol. The van der Waals surface area contributed by atoms with Crippen molar-refractivity contribution in [1.82, 2.24) is 24.6 Å². The SMILES string of the molecule is CCc1cccc2cccc(N3CCc4c(nc(OCC5(CN(C)C)CC5)nc4N4CCCC(n5cccn5)C4)C3)c12. The first kappa shape index (κ1) is 27.2. The van der Waals surface area contributed by atoms with Gasteiger partial charge in [-0.15, -0.1) is 0 Å². The summed E-state index contributed by atoms with van der Waals surface area (Å²) in [5.41, 5.74) is 5.31. The minimum Gasteiger partial charge on any atom is -0.463 e. The first-order valence-corrected chi connectivity index (χ1v) is 15.7. The zero-order chi connectivity index (χ0) is 28.7. The summed E-state index contributed by atoms with van der Waals surface area (Å²) in [5.74, 6) is 1.07. The highest BCUT2D eigenvalue weighted by atomic mass is 16.5. The summed E-state index contributed by atoms with van der Waals surface area (Å²) in [5, 5.41) is 7.24. The van der Waals surface area contributed by atoms with Gasteiger partial charge in [0.2, 0.25) is 0 Å². The van der Waals surface area contributed by atoms with E-state index in [2.05, 4.69) is 88.1 Å². The molecule has 0 bridgehead atoms. The Balaban J connectivity index is 1.23. The fourth-order valence-electron chi connectivity index (χ4n) is 7.15. The van der Waals surface area contributed by atoms with E-state index in [9.17, 15) is 0 Å². The average Bonchev–Trinajstić information content (AvgIpc) is 3.54. The number of nitrogens with zero attached hydrogens (tertiary/aromatic N) is 7. The van der Waals surface area contributed by atoms with Crippen molar-refractivity contribution in [3.8, 4) is 6.01 Å². The van der Waals surface area contributed by atoms with Gasteiger partial charge in [-0.05, 0) is 75.7 Å². The smallest absolute Gasteiger partial charge is 0.318 e. The second-order valence-corrected chi connectivity index (χ2v) is 12.8. The van der Waals surface area contributed by atoms with Crippen molar-refractivity contribution in [3.05, 3.63) is 71.7 Å². The standard InChI is InChI=1S/C34H43N7O/c1-4-25-9-5-10-26-11-6-13-30(31(25)26)39-20-14-28-29(22-39)36-33(42-24-34(15-16-34)23-38(2)3)37-32(28)40-18-7-12-27(21-40)41-19-8-17-35-41/h5-6,8-11,13,17,19,27H,4,7,12,14-16,18,20-24H2,1-3H3. The molecule has 8 heteroatoms. The maximum Gasteiger partial charge on any atom is 0.318 e. The second kappa shape index (κ2) is 11.2.